The van der Waals surface area contributed by atoms with Crippen molar-refractivity contribution in [1.82, 2.24) is 4.57 Å². The Balaban J connectivity index is 1.95. The van der Waals surface area contributed by atoms with Crippen LogP contribution in [0.3, 0.4) is 0 Å². The second kappa shape index (κ2) is 7.15. The summed E-state index contributed by atoms with van der Waals surface area (Å²) in [6.45, 7) is 18.9. The number of aliphatic hydroxyl groups is 1. The van der Waals surface area contributed by atoms with Gasteiger partial charge >= 0.3 is 0 Å². The third kappa shape index (κ3) is 3.17. The van der Waals surface area contributed by atoms with Gasteiger partial charge < -0.3 is 9.67 Å². The highest BCUT2D eigenvalue weighted by molar-refractivity contribution is 5.99. The molecule has 4 heteroatoms. The molecule has 1 aliphatic carbocycles. The van der Waals surface area contributed by atoms with Crippen LogP contribution in [0.5, 0.6) is 0 Å². The van der Waals surface area contributed by atoms with Crippen molar-refractivity contribution in [1.29, 1.82) is 0 Å². The first-order valence-electron chi connectivity index (χ1n) is 9.70. The van der Waals surface area contributed by atoms with Crippen LogP contribution in [-0.2, 0) is 0 Å². The zero-order chi connectivity index (χ0) is 19.8. The zero-order valence-electron chi connectivity index (χ0n) is 16.2. The molecule has 3 aromatic rings. The van der Waals surface area contributed by atoms with Gasteiger partial charge in [-0.15, -0.1) is 0 Å². The van der Waals surface area contributed by atoms with Crippen molar-refractivity contribution in [3.05, 3.63) is 70.5 Å². The lowest BCUT2D eigenvalue weighted by molar-refractivity contribution is 0.111. The summed E-state index contributed by atoms with van der Waals surface area (Å²) in [6.07, 6.45) is 5.55. The minimum Gasteiger partial charge on any atom is -0.393 e. The Kier molecular flexibility index (Phi) is 4.67. The maximum absolute atomic E-state index is 9.90. The van der Waals surface area contributed by atoms with Gasteiger partial charge in [-0.1, -0.05) is 17.7 Å². The van der Waals surface area contributed by atoms with Gasteiger partial charge in [0, 0.05) is 23.3 Å². The molecule has 0 atom stereocenters. The van der Waals surface area contributed by atoms with E-state index in [1.165, 1.54) is 0 Å². The maximum atomic E-state index is 9.90. The molecule has 1 aromatic heterocycles. The standard InChI is InChI=1S/C24H23N3O/c1-15-9-17(12-18(10-15)25-3)22-14-27(19-5-7-20(28)8-6-19)24-11-16(2)23(26-4)13-21(22)24/h9-14,19-20,28H,5-8H2,1-2H3. The fourth-order valence-electron chi connectivity index (χ4n) is 4.36. The molecule has 0 amide bonds. The molecule has 140 valence electrons. The first-order valence-corrected chi connectivity index (χ1v) is 9.70. The lowest BCUT2D eigenvalue weighted by Crippen LogP contribution is -2.20. The second-order valence-corrected chi connectivity index (χ2v) is 7.85. The molecule has 1 N–H and O–H groups in total. The molecule has 4 nitrogen and oxygen atoms in total. The number of rotatable bonds is 2. The molecule has 4 rings (SSSR count). The summed E-state index contributed by atoms with van der Waals surface area (Å²) in [5.74, 6) is 0. The lowest BCUT2D eigenvalue weighted by Gasteiger charge is -2.27. The number of nitrogens with zero attached hydrogens (tertiary/aromatic N) is 3. The number of fused-ring (bicyclic) bond motifs is 1. The van der Waals surface area contributed by atoms with Gasteiger partial charge in [-0.05, 0) is 74.2 Å². The van der Waals surface area contributed by atoms with Gasteiger partial charge in [0.2, 0.25) is 0 Å². The van der Waals surface area contributed by atoms with Crippen LogP contribution in [-0.4, -0.2) is 15.8 Å². The van der Waals surface area contributed by atoms with E-state index in [1.54, 1.807) is 0 Å². The van der Waals surface area contributed by atoms with Gasteiger partial charge in [0.15, 0.2) is 11.4 Å². The Hall–Kier alpha value is -3.08. The van der Waals surface area contributed by atoms with E-state index in [4.69, 9.17) is 13.1 Å². The van der Waals surface area contributed by atoms with Crippen LogP contribution in [0.25, 0.3) is 31.7 Å². The molecule has 28 heavy (non-hydrogen) atoms. The fraction of sp³-hybridized carbons (Fsp3) is 0.333. The molecule has 1 fully saturated rings. The molecule has 1 heterocycles. The van der Waals surface area contributed by atoms with E-state index in [2.05, 4.69) is 32.6 Å². The molecule has 1 saturated carbocycles. The van der Waals surface area contributed by atoms with Gasteiger partial charge in [-0.25, -0.2) is 9.69 Å². The molecule has 0 unspecified atom stereocenters. The third-order valence-corrected chi connectivity index (χ3v) is 5.83. The van der Waals surface area contributed by atoms with Crippen LogP contribution >= 0.6 is 0 Å². The van der Waals surface area contributed by atoms with Gasteiger partial charge in [0.05, 0.1) is 19.2 Å². The van der Waals surface area contributed by atoms with E-state index in [1.807, 2.05) is 32.0 Å². The minimum absolute atomic E-state index is 0.189. The number of hydrogen-bond donors (Lipinski definition) is 1. The van der Waals surface area contributed by atoms with E-state index < -0.39 is 0 Å². The normalized spacial score (nSPS) is 19.3. The Labute approximate surface area is 165 Å². The number of aliphatic hydroxyl groups excluding tert-OH is 1. The monoisotopic (exact) mass is 369 g/mol. The van der Waals surface area contributed by atoms with E-state index in [-0.39, 0.29) is 6.10 Å². The van der Waals surface area contributed by atoms with E-state index >= 15 is 0 Å². The average Bonchev–Trinajstić information content (AvgIpc) is 3.05. The van der Waals surface area contributed by atoms with Crippen molar-refractivity contribution in [2.45, 2.75) is 51.7 Å². The van der Waals surface area contributed by atoms with Crippen molar-refractivity contribution in [2.24, 2.45) is 0 Å². The fourth-order valence-corrected chi connectivity index (χ4v) is 4.36. The Morgan fingerprint density at radius 1 is 0.964 bits per heavy atom. The quantitative estimate of drug-likeness (QED) is 0.514. The van der Waals surface area contributed by atoms with Crippen LogP contribution in [0.2, 0.25) is 0 Å². The van der Waals surface area contributed by atoms with E-state index in [0.29, 0.717) is 17.4 Å². The highest BCUT2D eigenvalue weighted by atomic mass is 16.3. The van der Waals surface area contributed by atoms with E-state index in [9.17, 15) is 5.11 Å². The number of aromatic nitrogens is 1. The Morgan fingerprint density at radius 3 is 2.39 bits per heavy atom. The SMILES string of the molecule is [C-]#[N+]c1cc(C)cc(-c2cn(C3CCC(O)CC3)c3cc(C)c([N+]#[C-])cc23)c1. The largest absolute Gasteiger partial charge is 0.393 e. The van der Waals surface area contributed by atoms with Crippen LogP contribution in [0, 0.1) is 27.0 Å². The summed E-state index contributed by atoms with van der Waals surface area (Å²) >= 11 is 0. The molecule has 0 aliphatic heterocycles. The summed E-state index contributed by atoms with van der Waals surface area (Å²) < 4.78 is 2.33. The van der Waals surface area contributed by atoms with E-state index in [0.717, 1.165) is 58.8 Å². The molecule has 0 radical (unpaired) electrons. The van der Waals surface area contributed by atoms with Crippen molar-refractivity contribution in [2.75, 3.05) is 0 Å². The molecule has 0 spiro atoms. The Morgan fingerprint density at radius 2 is 1.71 bits per heavy atom. The summed E-state index contributed by atoms with van der Waals surface area (Å²) in [5, 5.41) is 11.0. The molecule has 1 aliphatic rings. The molecule has 0 saturated heterocycles. The van der Waals surface area contributed by atoms with Crippen LogP contribution in [0.15, 0.2) is 36.5 Å². The number of hydrogen-bond acceptors (Lipinski definition) is 1. The predicted octanol–water partition coefficient (Wildman–Crippen LogP) is 6.50. The van der Waals surface area contributed by atoms with Gasteiger partial charge in [0.25, 0.3) is 0 Å². The highest BCUT2D eigenvalue weighted by Crippen LogP contribution is 2.40. The van der Waals surface area contributed by atoms with Gasteiger partial charge in [-0.2, -0.15) is 0 Å². The van der Waals surface area contributed by atoms with Crippen LogP contribution < -0.4 is 0 Å². The van der Waals surface area contributed by atoms with Crippen molar-refractivity contribution < 1.29 is 5.11 Å². The Bertz CT molecular complexity index is 1140. The van der Waals surface area contributed by atoms with Crippen LogP contribution in [0.1, 0.15) is 42.9 Å². The molecular formula is C24H23N3O. The summed E-state index contributed by atoms with van der Waals surface area (Å²) in [5.41, 5.74) is 6.56. The second-order valence-electron chi connectivity index (χ2n) is 7.85. The number of benzene rings is 2. The number of aryl methyl sites for hydroxylation is 2. The zero-order valence-corrected chi connectivity index (χ0v) is 16.2. The maximum Gasteiger partial charge on any atom is 0.190 e. The minimum atomic E-state index is -0.189. The predicted molar refractivity (Wildman–Crippen MR) is 113 cm³/mol. The summed E-state index contributed by atoms with van der Waals surface area (Å²) in [4.78, 5) is 7.31. The third-order valence-electron chi connectivity index (χ3n) is 5.83. The smallest absolute Gasteiger partial charge is 0.190 e. The average molecular weight is 369 g/mol. The van der Waals surface area contributed by atoms with Crippen molar-refractivity contribution in [3.63, 3.8) is 0 Å². The van der Waals surface area contributed by atoms with Gasteiger partial charge in [-0.3, -0.25) is 0 Å². The summed E-state index contributed by atoms with van der Waals surface area (Å²) in [6, 6.07) is 10.4. The topological polar surface area (TPSA) is 33.9 Å². The lowest BCUT2D eigenvalue weighted by atomic mass is 9.93. The van der Waals surface area contributed by atoms with Gasteiger partial charge in [0.1, 0.15) is 0 Å². The molecule has 0 bridgehead atoms. The first-order chi connectivity index (χ1) is 13.5. The molecule has 2 aromatic carbocycles. The van der Waals surface area contributed by atoms with Crippen LogP contribution in [0.4, 0.5) is 11.4 Å². The van der Waals surface area contributed by atoms with Crippen molar-refractivity contribution in [3.8, 4) is 11.1 Å². The molecular weight excluding hydrogens is 346 g/mol. The highest BCUT2D eigenvalue weighted by Gasteiger charge is 2.23. The first kappa shape index (κ1) is 18.3. The summed E-state index contributed by atoms with van der Waals surface area (Å²) in [7, 11) is 0. The van der Waals surface area contributed by atoms with Crippen molar-refractivity contribution >= 4 is 22.3 Å².